The zero-order valence-electron chi connectivity index (χ0n) is 16.3. The molecule has 0 fully saturated rings. The van der Waals surface area contributed by atoms with Crippen molar-refractivity contribution in [1.29, 1.82) is 0 Å². The van der Waals surface area contributed by atoms with Crippen molar-refractivity contribution in [2.45, 2.75) is 20.4 Å². The minimum Gasteiger partial charge on any atom is -0.484 e. The van der Waals surface area contributed by atoms with Gasteiger partial charge in [0, 0.05) is 30.6 Å². The average molecular weight is 395 g/mol. The van der Waals surface area contributed by atoms with E-state index in [0.29, 0.717) is 35.9 Å². The molecule has 1 aliphatic heterocycles. The fourth-order valence-electron chi connectivity index (χ4n) is 3.27. The van der Waals surface area contributed by atoms with Gasteiger partial charge in [0.15, 0.2) is 18.1 Å². The van der Waals surface area contributed by atoms with Crippen LogP contribution in [0.3, 0.4) is 0 Å². The number of carbonyl (C=O) groups excluding carboxylic acids is 1. The van der Waals surface area contributed by atoms with Crippen molar-refractivity contribution in [3.8, 4) is 17.2 Å². The molecule has 1 amide bonds. The lowest BCUT2D eigenvalue weighted by Crippen LogP contribution is -2.34. The smallest absolute Gasteiger partial charge is 0.336 e. The van der Waals surface area contributed by atoms with Crippen LogP contribution in [0.25, 0.3) is 11.0 Å². The minimum atomic E-state index is -0.413. The molecule has 1 aliphatic rings. The summed E-state index contributed by atoms with van der Waals surface area (Å²) in [6.07, 6.45) is 0. The van der Waals surface area contributed by atoms with Crippen molar-refractivity contribution < 1.29 is 23.4 Å². The van der Waals surface area contributed by atoms with E-state index < -0.39 is 5.63 Å². The summed E-state index contributed by atoms with van der Waals surface area (Å²) in [6.45, 7) is 4.86. The van der Waals surface area contributed by atoms with Crippen LogP contribution in [0.4, 0.5) is 0 Å². The van der Waals surface area contributed by atoms with E-state index in [2.05, 4.69) is 0 Å². The number of aryl methyl sites for hydroxylation is 1. The Morgan fingerprint density at radius 3 is 2.76 bits per heavy atom. The zero-order valence-corrected chi connectivity index (χ0v) is 16.3. The second-order valence-corrected chi connectivity index (χ2v) is 6.79. The Hall–Kier alpha value is -3.48. The summed E-state index contributed by atoms with van der Waals surface area (Å²) < 4.78 is 21.6. The molecule has 0 saturated carbocycles. The molecule has 3 aromatic rings. The highest BCUT2D eigenvalue weighted by atomic mass is 16.7. The Morgan fingerprint density at radius 1 is 1.10 bits per heavy atom. The van der Waals surface area contributed by atoms with Gasteiger partial charge in [0.05, 0.1) is 0 Å². The fourth-order valence-corrected chi connectivity index (χ4v) is 3.27. The van der Waals surface area contributed by atoms with E-state index in [1.807, 2.05) is 38.1 Å². The highest BCUT2D eigenvalue weighted by Crippen LogP contribution is 2.32. The van der Waals surface area contributed by atoms with Crippen LogP contribution in [0, 0.1) is 6.92 Å². The van der Waals surface area contributed by atoms with Crippen LogP contribution in [0.2, 0.25) is 0 Å². The first-order valence-corrected chi connectivity index (χ1v) is 9.37. The van der Waals surface area contributed by atoms with Gasteiger partial charge in [-0.1, -0.05) is 6.07 Å². The SMILES string of the molecule is CCN(Cc1ccc2c(c1)OCO2)C(=O)COc1ccc2c(C)cc(=O)oc2c1. The summed E-state index contributed by atoms with van der Waals surface area (Å²) in [5, 5.41) is 0.835. The Balaban J connectivity index is 1.42. The van der Waals surface area contributed by atoms with E-state index in [9.17, 15) is 9.59 Å². The normalized spacial score (nSPS) is 12.2. The van der Waals surface area contributed by atoms with E-state index in [0.717, 1.165) is 16.5 Å². The first kappa shape index (κ1) is 18.9. The maximum Gasteiger partial charge on any atom is 0.336 e. The number of fused-ring (bicyclic) bond motifs is 2. The molecule has 29 heavy (non-hydrogen) atoms. The lowest BCUT2D eigenvalue weighted by Gasteiger charge is -2.21. The highest BCUT2D eigenvalue weighted by molar-refractivity contribution is 5.81. The molecule has 0 N–H and O–H groups in total. The number of carbonyl (C=O) groups is 1. The molecular weight excluding hydrogens is 374 g/mol. The topological polar surface area (TPSA) is 78.2 Å². The van der Waals surface area contributed by atoms with Crippen LogP contribution >= 0.6 is 0 Å². The van der Waals surface area contributed by atoms with Gasteiger partial charge in [-0.25, -0.2) is 4.79 Å². The Kier molecular flexibility index (Phi) is 5.12. The Morgan fingerprint density at radius 2 is 1.93 bits per heavy atom. The molecule has 0 aliphatic carbocycles. The third-order valence-corrected chi connectivity index (χ3v) is 4.83. The summed E-state index contributed by atoms with van der Waals surface area (Å²) in [5.41, 5.74) is 1.81. The van der Waals surface area contributed by atoms with Crippen LogP contribution in [0.5, 0.6) is 17.2 Å². The van der Waals surface area contributed by atoms with Crippen LogP contribution < -0.4 is 19.8 Å². The van der Waals surface area contributed by atoms with Gasteiger partial charge in [0.1, 0.15) is 11.3 Å². The average Bonchev–Trinajstić information content (AvgIpc) is 3.17. The van der Waals surface area contributed by atoms with Crippen molar-refractivity contribution >= 4 is 16.9 Å². The van der Waals surface area contributed by atoms with E-state index >= 15 is 0 Å². The third-order valence-electron chi connectivity index (χ3n) is 4.83. The summed E-state index contributed by atoms with van der Waals surface area (Å²) in [5.74, 6) is 1.73. The van der Waals surface area contributed by atoms with Crippen LogP contribution in [-0.2, 0) is 11.3 Å². The molecule has 2 aromatic carbocycles. The van der Waals surface area contributed by atoms with Gasteiger partial charge in [-0.15, -0.1) is 0 Å². The van der Waals surface area contributed by atoms with Crippen LogP contribution in [-0.4, -0.2) is 30.8 Å². The monoisotopic (exact) mass is 395 g/mol. The second-order valence-electron chi connectivity index (χ2n) is 6.79. The van der Waals surface area contributed by atoms with Crippen molar-refractivity contribution in [3.05, 3.63) is 64.0 Å². The van der Waals surface area contributed by atoms with Crippen LogP contribution in [0.15, 0.2) is 51.7 Å². The van der Waals surface area contributed by atoms with E-state index in [1.54, 1.807) is 17.0 Å². The molecule has 0 saturated heterocycles. The van der Waals surface area contributed by atoms with Crippen molar-refractivity contribution in [1.82, 2.24) is 4.90 Å². The number of ether oxygens (including phenoxy) is 3. The molecule has 150 valence electrons. The molecule has 1 aromatic heterocycles. The van der Waals surface area contributed by atoms with Gasteiger partial charge in [0.2, 0.25) is 6.79 Å². The molecule has 7 nitrogen and oxygen atoms in total. The quantitative estimate of drug-likeness (QED) is 0.596. The first-order valence-electron chi connectivity index (χ1n) is 9.37. The van der Waals surface area contributed by atoms with Gasteiger partial charge in [-0.2, -0.15) is 0 Å². The molecule has 7 heteroatoms. The van der Waals surface area contributed by atoms with E-state index in [-0.39, 0.29) is 19.3 Å². The van der Waals surface area contributed by atoms with E-state index in [4.69, 9.17) is 18.6 Å². The third kappa shape index (κ3) is 4.03. The lowest BCUT2D eigenvalue weighted by molar-refractivity contribution is -0.133. The number of benzene rings is 2. The number of hydrogen-bond donors (Lipinski definition) is 0. The number of amides is 1. The predicted octanol–water partition coefficient (Wildman–Crippen LogP) is 3.26. The van der Waals surface area contributed by atoms with Gasteiger partial charge in [-0.05, 0) is 49.2 Å². The summed E-state index contributed by atoms with van der Waals surface area (Å²) in [4.78, 5) is 25.9. The summed E-state index contributed by atoms with van der Waals surface area (Å²) >= 11 is 0. The maximum atomic E-state index is 12.6. The van der Waals surface area contributed by atoms with Gasteiger partial charge < -0.3 is 23.5 Å². The molecule has 0 radical (unpaired) electrons. The molecule has 0 unspecified atom stereocenters. The molecule has 0 bridgehead atoms. The van der Waals surface area contributed by atoms with Crippen molar-refractivity contribution in [3.63, 3.8) is 0 Å². The lowest BCUT2D eigenvalue weighted by atomic mass is 10.1. The van der Waals surface area contributed by atoms with Gasteiger partial charge in [-0.3, -0.25) is 4.79 Å². The molecular formula is C22H21NO6. The number of nitrogens with zero attached hydrogens (tertiary/aromatic N) is 1. The largest absolute Gasteiger partial charge is 0.484 e. The van der Waals surface area contributed by atoms with Gasteiger partial charge in [0.25, 0.3) is 5.91 Å². The predicted molar refractivity (Wildman–Crippen MR) is 106 cm³/mol. The summed E-state index contributed by atoms with van der Waals surface area (Å²) in [7, 11) is 0. The highest BCUT2D eigenvalue weighted by Gasteiger charge is 2.17. The molecule has 4 rings (SSSR count). The molecule has 0 atom stereocenters. The van der Waals surface area contributed by atoms with Crippen molar-refractivity contribution in [2.24, 2.45) is 0 Å². The zero-order chi connectivity index (χ0) is 20.4. The first-order chi connectivity index (χ1) is 14.0. The fraction of sp³-hybridized carbons (Fsp3) is 0.273. The van der Waals surface area contributed by atoms with Crippen molar-refractivity contribution in [2.75, 3.05) is 19.9 Å². The second kappa shape index (κ2) is 7.87. The molecule has 2 heterocycles. The standard InChI is InChI=1S/C22H21NO6/c1-3-23(11-15-4-7-18-20(9-15)28-13-27-18)21(24)12-26-16-5-6-17-14(2)8-22(25)29-19(17)10-16/h4-10H,3,11-13H2,1-2H3. The Bertz CT molecular complexity index is 1120. The summed E-state index contributed by atoms with van der Waals surface area (Å²) in [6, 6.07) is 12.3. The number of likely N-dealkylation sites (N-methyl/N-ethyl adjacent to an activating group) is 1. The number of hydrogen-bond acceptors (Lipinski definition) is 6. The Labute approximate surface area is 167 Å². The number of rotatable bonds is 6. The maximum absolute atomic E-state index is 12.6. The van der Waals surface area contributed by atoms with Gasteiger partial charge >= 0.3 is 5.63 Å². The van der Waals surface area contributed by atoms with Crippen LogP contribution in [0.1, 0.15) is 18.1 Å². The molecule has 0 spiro atoms. The van der Waals surface area contributed by atoms with E-state index in [1.165, 1.54) is 6.07 Å². The minimum absolute atomic E-state index is 0.111.